The fourth-order valence-electron chi connectivity index (χ4n) is 3.23. The molecule has 0 unspecified atom stereocenters. The number of fused-ring (bicyclic) bond motifs is 2. The van der Waals surface area contributed by atoms with Crippen molar-refractivity contribution in [3.8, 4) is 17.2 Å². The maximum absolute atomic E-state index is 12.1. The number of benzene rings is 2. The Morgan fingerprint density at radius 1 is 1.12 bits per heavy atom. The highest BCUT2D eigenvalue weighted by Crippen LogP contribution is 2.44. The minimum absolute atomic E-state index is 0.0433. The Hall–Kier alpha value is -3.02. The van der Waals surface area contributed by atoms with E-state index in [-0.39, 0.29) is 17.8 Å². The summed E-state index contributed by atoms with van der Waals surface area (Å²) in [5, 5.41) is 2.90. The van der Waals surface area contributed by atoms with E-state index in [9.17, 15) is 9.59 Å². The summed E-state index contributed by atoms with van der Waals surface area (Å²) in [6.45, 7) is 2.38. The van der Waals surface area contributed by atoms with Crippen LogP contribution in [-0.2, 0) is 9.59 Å². The molecule has 2 aromatic carbocycles. The van der Waals surface area contributed by atoms with Crippen molar-refractivity contribution in [2.45, 2.75) is 19.3 Å². The van der Waals surface area contributed by atoms with Gasteiger partial charge in [-0.1, -0.05) is 12.1 Å². The normalized spacial score (nSPS) is 18.1. The number of carbonyl (C=O) groups is 2. The lowest BCUT2D eigenvalue weighted by Crippen LogP contribution is -2.24. The molecule has 0 saturated heterocycles. The molecule has 1 N–H and O–H groups in total. The Balaban J connectivity index is 1.71. The molecule has 2 heterocycles. The first kappa shape index (κ1) is 15.5. The van der Waals surface area contributed by atoms with E-state index in [0.717, 1.165) is 16.8 Å². The molecule has 0 radical (unpaired) electrons. The number of rotatable bonds is 2. The molecule has 2 aliphatic rings. The molecule has 0 aromatic heterocycles. The summed E-state index contributed by atoms with van der Waals surface area (Å²) in [5.41, 5.74) is 2.71. The highest BCUT2D eigenvalue weighted by molar-refractivity contribution is 5.96. The van der Waals surface area contributed by atoms with Crippen LogP contribution in [0.15, 0.2) is 36.4 Å². The molecule has 6 heteroatoms. The lowest BCUT2D eigenvalue weighted by atomic mass is 9.84. The number of hydrogen-bond donors (Lipinski definition) is 1. The van der Waals surface area contributed by atoms with Crippen molar-refractivity contribution in [1.82, 2.24) is 0 Å². The Bertz CT molecular complexity index is 844. The van der Waals surface area contributed by atoms with E-state index in [4.69, 9.17) is 14.2 Å². The fourth-order valence-corrected chi connectivity index (χ4v) is 3.23. The van der Waals surface area contributed by atoms with Crippen molar-refractivity contribution < 1.29 is 23.8 Å². The number of hydrogen-bond acceptors (Lipinski definition) is 5. The minimum atomic E-state index is -0.362. The van der Waals surface area contributed by atoms with Gasteiger partial charge in [0, 0.05) is 31.0 Å². The van der Waals surface area contributed by atoms with Gasteiger partial charge in [-0.05, 0) is 29.3 Å². The number of amides is 1. The molecule has 25 heavy (non-hydrogen) atoms. The van der Waals surface area contributed by atoms with Crippen molar-refractivity contribution in [1.29, 1.82) is 0 Å². The first-order valence-electron chi connectivity index (χ1n) is 8.12. The van der Waals surface area contributed by atoms with Crippen LogP contribution < -0.4 is 19.5 Å². The van der Waals surface area contributed by atoms with Gasteiger partial charge >= 0.3 is 5.97 Å². The molecular weight excluding hydrogens is 322 g/mol. The van der Waals surface area contributed by atoms with Gasteiger partial charge in [-0.25, -0.2) is 0 Å². The Morgan fingerprint density at radius 3 is 2.48 bits per heavy atom. The van der Waals surface area contributed by atoms with Gasteiger partial charge < -0.3 is 19.5 Å². The highest BCUT2D eigenvalue weighted by atomic mass is 16.6. The molecule has 128 valence electrons. The maximum Gasteiger partial charge on any atom is 0.308 e. The van der Waals surface area contributed by atoms with Crippen molar-refractivity contribution in [3.05, 3.63) is 47.5 Å². The summed E-state index contributed by atoms with van der Waals surface area (Å²) in [6, 6.07) is 11.0. The third-order valence-corrected chi connectivity index (χ3v) is 4.30. The molecule has 0 saturated carbocycles. The Morgan fingerprint density at radius 2 is 1.80 bits per heavy atom. The van der Waals surface area contributed by atoms with Crippen molar-refractivity contribution in [2.75, 3.05) is 18.5 Å². The number of ether oxygens (including phenoxy) is 3. The number of nitrogens with one attached hydrogen (secondary N) is 1. The second-order valence-corrected chi connectivity index (χ2v) is 6.05. The summed E-state index contributed by atoms with van der Waals surface area (Å²) in [4.78, 5) is 23.2. The van der Waals surface area contributed by atoms with E-state index >= 15 is 0 Å². The van der Waals surface area contributed by atoms with Crippen LogP contribution in [0.4, 0.5) is 5.69 Å². The van der Waals surface area contributed by atoms with E-state index in [0.29, 0.717) is 36.9 Å². The van der Waals surface area contributed by atoms with E-state index < -0.39 is 0 Å². The first-order valence-corrected chi connectivity index (χ1v) is 8.12. The molecule has 0 bridgehead atoms. The van der Waals surface area contributed by atoms with Crippen LogP contribution in [0, 0.1) is 0 Å². The molecule has 1 amide bonds. The smallest absolute Gasteiger partial charge is 0.308 e. The molecular formula is C19H17NO5. The van der Waals surface area contributed by atoms with Crippen LogP contribution in [-0.4, -0.2) is 25.1 Å². The number of carbonyl (C=O) groups excluding carboxylic acids is 2. The summed E-state index contributed by atoms with van der Waals surface area (Å²) in [6.07, 6.45) is 0.347. The van der Waals surface area contributed by atoms with Gasteiger partial charge in [0.25, 0.3) is 0 Å². The third kappa shape index (κ3) is 3.03. The second kappa shape index (κ2) is 6.12. The maximum atomic E-state index is 12.1. The molecule has 0 aliphatic carbocycles. The van der Waals surface area contributed by atoms with Crippen molar-refractivity contribution in [3.63, 3.8) is 0 Å². The molecule has 6 nitrogen and oxygen atoms in total. The van der Waals surface area contributed by atoms with E-state index in [2.05, 4.69) is 5.32 Å². The van der Waals surface area contributed by atoms with Gasteiger partial charge in [0.1, 0.15) is 19.0 Å². The molecule has 4 rings (SSSR count). The van der Waals surface area contributed by atoms with E-state index in [1.54, 1.807) is 12.1 Å². The molecule has 2 aliphatic heterocycles. The summed E-state index contributed by atoms with van der Waals surface area (Å²) in [7, 11) is 0. The van der Waals surface area contributed by atoms with Crippen LogP contribution in [0.1, 0.15) is 30.4 Å². The highest BCUT2D eigenvalue weighted by Gasteiger charge is 2.29. The van der Waals surface area contributed by atoms with Gasteiger partial charge in [-0.3, -0.25) is 9.59 Å². The number of anilines is 1. The van der Waals surface area contributed by atoms with Gasteiger partial charge in [-0.15, -0.1) is 0 Å². The summed E-state index contributed by atoms with van der Waals surface area (Å²) < 4.78 is 16.3. The topological polar surface area (TPSA) is 73.9 Å². The van der Waals surface area contributed by atoms with Crippen LogP contribution in [0.2, 0.25) is 0 Å². The van der Waals surface area contributed by atoms with Crippen LogP contribution >= 0.6 is 0 Å². The van der Waals surface area contributed by atoms with Crippen LogP contribution in [0.25, 0.3) is 0 Å². The Kier molecular flexibility index (Phi) is 3.80. The lowest BCUT2D eigenvalue weighted by Gasteiger charge is -2.29. The molecule has 1 atom stereocenters. The van der Waals surface area contributed by atoms with Gasteiger partial charge in [0.2, 0.25) is 5.91 Å². The largest absolute Gasteiger partial charge is 0.486 e. The van der Waals surface area contributed by atoms with E-state index in [1.807, 2.05) is 24.3 Å². The quantitative estimate of drug-likeness (QED) is 0.673. The molecule has 0 fully saturated rings. The van der Waals surface area contributed by atoms with E-state index in [1.165, 1.54) is 6.92 Å². The zero-order valence-electron chi connectivity index (χ0n) is 13.7. The predicted octanol–water partition coefficient (Wildman–Crippen LogP) is 2.86. The predicted molar refractivity (Wildman–Crippen MR) is 90.3 cm³/mol. The summed E-state index contributed by atoms with van der Waals surface area (Å²) >= 11 is 0. The first-order chi connectivity index (χ1) is 12.1. The SMILES string of the molecule is CC(=O)Oc1ccc([C@@H]2CC(=O)Nc3cc4c(cc32)OCCO4)cc1. The third-order valence-electron chi connectivity index (χ3n) is 4.30. The fraction of sp³-hybridized carbons (Fsp3) is 0.263. The van der Waals surface area contributed by atoms with Crippen LogP contribution in [0.5, 0.6) is 17.2 Å². The molecule has 2 aromatic rings. The van der Waals surface area contributed by atoms with Crippen LogP contribution in [0.3, 0.4) is 0 Å². The monoisotopic (exact) mass is 339 g/mol. The average molecular weight is 339 g/mol. The second-order valence-electron chi connectivity index (χ2n) is 6.05. The van der Waals surface area contributed by atoms with Gasteiger partial charge in [0.15, 0.2) is 11.5 Å². The zero-order valence-corrected chi connectivity index (χ0v) is 13.7. The Labute approximate surface area is 144 Å². The van der Waals surface area contributed by atoms with Gasteiger partial charge in [-0.2, -0.15) is 0 Å². The van der Waals surface area contributed by atoms with Gasteiger partial charge in [0.05, 0.1) is 0 Å². The van der Waals surface area contributed by atoms with Crippen molar-refractivity contribution >= 4 is 17.6 Å². The minimum Gasteiger partial charge on any atom is -0.486 e. The standard InChI is InChI=1S/C19H17NO5/c1-11(21)25-13-4-2-12(3-5-13)14-9-19(22)20-16-10-18-17(8-15(14)16)23-6-7-24-18/h2-5,8,10,14H,6-7,9H2,1H3,(H,20,22)/t14-/m0/s1. The summed E-state index contributed by atoms with van der Waals surface area (Å²) in [5.74, 6) is 1.33. The van der Waals surface area contributed by atoms with Crippen molar-refractivity contribution in [2.24, 2.45) is 0 Å². The number of esters is 1. The lowest BCUT2D eigenvalue weighted by molar-refractivity contribution is -0.131. The molecule has 0 spiro atoms. The zero-order chi connectivity index (χ0) is 17.4. The average Bonchev–Trinajstić information content (AvgIpc) is 2.59.